The van der Waals surface area contributed by atoms with E-state index >= 15 is 0 Å². The number of thiazole rings is 1. The number of aromatic amines is 1. The van der Waals surface area contributed by atoms with E-state index in [1.807, 2.05) is 0 Å². The van der Waals surface area contributed by atoms with Crippen LogP contribution in [0.2, 0.25) is 0 Å². The highest BCUT2D eigenvalue weighted by molar-refractivity contribution is 7.94. The van der Waals surface area contributed by atoms with Gasteiger partial charge >= 0.3 is 4.87 Å². The molecular weight excluding hydrogens is 284 g/mol. The predicted octanol–water partition coefficient (Wildman–Crippen LogP) is 0.706. The van der Waals surface area contributed by atoms with Gasteiger partial charge in [0.15, 0.2) is 4.21 Å². The Hall–Kier alpha value is -1.26. The number of aromatic nitrogens is 3. The Morgan fingerprint density at radius 3 is 2.41 bits per heavy atom. The SMILES string of the molecule is Cc1nnc(NS(=O)(=O)c2sc(=O)[nH]c2C)s1. The first-order valence-corrected chi connectivity index (χ1v) is 7.53. The molecule has 0 saturated heterocycles. The lowest BCUT2D eigenvalue weighted by Gasteiger charge is -2.01. The van der Waals surface area contributed by atoms with E-state index in [4.69, 9.17) is 0 Å². The summed E-state index contributed by atoms with van der Waals surface area (Å²) in [5.74, 6) is 0. The van der Waals surface area contributed by atoms with E-state index in [0.29, 0.717) is 22.0 Å². The average molecular weight is 292 g/mol. The van der Waals surface area contributed by atoms with E-state index in [1.165, 1.54) is 6.92 Å². The van der Waals surface area contributed by atoms with Gasteiger partial charge in [0.25, 0.3) is 10.0 Å². The van der Waals surface area contributed by atoms with Crippen molar-refractivity contribution in [2.45, 2.75) is 18.1 Å². The molecule has 0 bridgehead atoms. The summed E-state index contributed by atoms with van der Waals surface area (Å²) >= 11 is 1.77. The Kier molecular flexibility index (Phi) is 3.02. The van der Waals surface area contributed by atoms with Crippen molar-refractivity contribution in [1.82, 2.24) is 15.2 Å². The molecule has 0 saturated carbocycles. The molecule has 92 valence electrons. The number of hydrogen-bond acceptors (Lipinski definition) is 7. The molecule has 0 aliphatic rings. The third-order valence-electron chi connectivity index (χ3n) is 1.77. The fourth-order valence-electron chi connectivity index (χ4n) is 1.15. The van der Waals surface area contributed by atoms with Crippen molar-refractivity contribution >= 4 is 37.8 Å². The minimum atomic E-state index is -3.76. The molecule has 7 nitrogen and oxygen atoms in total. The van der Waals surface area contributed by atoms with Crippen molar-refractivity contribution in [3.05, 3.63) is 20.4 Å². The first-order valence-electron chi connectivity index (χ1n) is 4.41. The molecule has 0 amide bonds. The van der Waals surface area contributed by atoms with Crippen molar-refractivity contribution < 1.29 is 8.42 Å². The molecule has 0 radical (unpaired) electrons. The van der Waals surface area contributed by atoms with E-state index in [0.717, 1.165) is 11.3 Å². The summed E-state index contributed by atoms with van der Waals surface area (Å²) in [6.45, 7) is 3.24. The van der Waals surface area contributed by atoms with Crippen LogP contribution in [0.25, 0.3) is 0 Å². The first kappa shape index (κ1) is 12.2. The van der Waals surface area contributed by atoms with E-state index in [9.17, 15) is 13.2 Å². The molecule has 0 aliphatic heterocycles. The Bertz CT molecular complexity index is 696. The van der Waals surface area contributed by atoms with Gasteiger partial charge in [-0.3, -0.25) is 9.52 Å². The zero-order chi connectivity index (χ0) is 12.6. The summed E-state index contributed by atoms with van der Waals surface area (Å²) in [6.07, 6.45) is 0. The Balaban J connectivity index is 2.37. The lowest BCUT2D eigenvalue weighted by atomic mass is 10.6. The van der Waals surface area contributed by atoms with Crippen molar-refractivity contribution in [2.75, 3.05) is 4.72 Å². The van der Waals surface area contributed by atoms with E-state index in [2.05, 4.69) is 19.9 Å². The maximum Gasteiger partial charge on any atom is 0.306 e. The van der Waals surface area contributed by atoms with Gasteiger partial charge < -0.3 is 4.98 Å². The lowest BCUT2D eigenvalue weighted by Crippen LogP contribution is -2.12. The third-order valence-corrected chi connectivity index (χ3v) is 5.60. The number of anilines is 1. The summed E-state index contributed by atoms with van der Waals surface area (Å²) < 4.78 is 26.1. The molecule has 2 aromatic heterocycles. The molecule has 2 aromatic rings. The van der Waals surface area contributed by atoms with Gasteiger partial charge in [-0.25, -0.2) is 8.42 Å². The molecule has 10 heteroatoms. The van der Waals surface area contributed by atoms with E-state index in [-0.39, 0.29) is 9.34 Å². The number of aryl methyl sites for hydroxylation is 2. The molecule has 2 rings (SSSR count). The Morgan fingerprint density at radius 1 is 1.24 bits per heavy atom. The number of sulfonamides is 1. The van der Waals surface area contributed by atoms with Crippen LogP contribution < -0.4 is 9.60 Å². The van der Waals surface area contributed by atoms with Crippen molar-refractivity contribution in [3.63, 3.8) is 0 Å². The summed E-state index contributed by atoms with van der Waals surface area (Å²) in [5.41, 5.74) is 0.314. The second-order valence-electron chi connectivity index (χ2n) is 3.16. The van der Waals surface area contributed by atoms with E-state index in [1.54, 1.807) is 6.92 Å². The van der Waals surface area contributed by atoms with Crippen molar-refractivity contribution in [1.29, 1.82) is 0 Å². The van der Waals surface area contributed by atoms with Crippen LogP contribution in [0.4, 0.5) is 5.13 Å². The summed E-state index contributed by atoms with van der Waals surface area (Å²) in [6, 6.07) is 0. The fraction of sp³-hybridized carbons (Fsp3) is 0.286. The van der Waals surface area contributed by atoms with Crippen LogP contribution in [-0.2, 0) is 10.0 Å². The highest BCUT2D eigenvalue weighted by atomic mass is 32.2. The standard InChI is InChI=1S/C7H8N4O3S3/c1-3-5(16-7(12)8-3)17(13,14)11-6-10-9-4(2)15-6/h1-2H3,(H,8,12)(H,10,11). The van der Waals surface area contributed by atoms with Crippen LogP contribution in [0, 0.1) is 13.8 Å². The van der Waals surface area contributed by atoms with Crippen LogP contribution in [0.5, 0.6) is 0 Å². The van der Waals surface area contributed by atoms with Gasteiger partial charge in [-0.2, -0.15) is 0 Å². The van der Waals surface area contributed by atoms with Gasteiger partial charge in [-0.05, 0) is 13.8 Å². The second-order valence-corrected chi connectivity index (χ2v) is 7.20. The molecule has 17 heavy (non-hydrogen) atoms. The van der Waals surface area contributed by atoms with Crippen LogP contribution in [0.15, 0.2) is 9.00 Å². The van der Waals surface area contributed by atoms with Crippen LogP contribution in [-0.4, -0.2) is 23.6 Å². The Morgan fingerprint density at radius 2 is 1.94 bits per heavy atom. The molecule has 0 atom stereocenters. The van der Waals surface area contributed by atoms with E-state index < -0.39 is 14.9 Å². The number of H-pyrrole nitrogens is 1. The van der Waals surface area contributed by atoms with Crippen molar-refractivity contribution in [2.24, 2.45) is 0 Å². The van der Waals surface area contributed by atoms with Crippen LogP contribution >= 0.6 is 22.7 Å². The lowest BCUT2D eigenvalue weighted by molar-refractivity contribution is 0.602. The van der Waals surface area contributed by atoms with Gasteiger partial charge in [-0.1, -0.05) is 22.7 Å². The van der Waals surface area contributed by atoms with Crippen LogP contribution in [0.3, 0.4) is 0 Å². The van der Waals surface area contributed by atoms with Gasteiger partial charge in [0.1, 0.15) is 5.01 Å². The highest BCUT2D eigenvalue weighted by Crippen LogP contribution is 2.22. The minimum Gasteiger partial charge on any atom is -0.315 e. The second kappa shape index (κ2) is 4.20. The fourth-order valence-corrected chi connectivity index (χ4v) is 4.27. The topological polar surface area (TPSA) is 105 Å². The summed E-state index contributed by atoms with van der Waals surface area (Å²) in [4.78, 5) is 13.1. The average Bonchev–Trinajstić information content (AvgIpc) is 2.72. The van der Waals surface area contributed by atoms with Gasteiger partial charge in [0.05, 0.1) is 0 Å². The maximum absolute atomic E-state index is 11.9. The minimum absolute atomic E-state index is 0.0321. The smallest absolute Gasteiger partial charge is 0.306 e. The highest BCUT2D eigenvalue weighted by Gasteiger charge is 2.21. The molecule has 0 spiro atoms. The molecule has 2 N–H and O–H groups in total. The maximum atomic E-state index is 11.9. The first-order chi connectivity index (χ1) is 7.88. The third kappa shape index (κ3) is 2.53. The van der Waals surface area contributed by atoms with Gasteiger partial charge in [-0.15, -0.1) is 10.2 Å². The van der Waals surface area contributed by atoms with Gasteiger partial charge in [0.2, 0.25) is 5.13 Å². The van der Waals surface area contributed by atoms with Crippen LogP contribution in [0.1, 0.15) is 10.7 Å². The Labute approximate surface area is 105 Å². The summed E-state index contributed by atoms with van der Waals surface area (Å²) in [5, 5.41) is 8.19. The molecule has 2 heterocycles. The zero-order valence-corrected chi connectivity index (χ0v) is 11.3. The molecule has 0 unspecified atom stereocenters. The number of nitrogens with zero attached hydrogens (tertiary/aromatic N) is 2. The van der Waals surface area contributed by atoms with Gasteiger partial charge in [0, 0.05) is 5.69 Å². The summed E-state index contributed by atoms with van der Waals surface area (Å²) in [7, 11) is -3.76. The largest absolute Gasteiger partial charge is 0.315 e. The molecule has 0 fully saturated rings. The molecule has 0 aromatic carbocycles. The van der Waals surface area contributed by atoms with Crippen molar-refractivity contribution in [3.8, 4) is 0 Å². The monoisotopic (exact) mass is 292 g/mol. The quantitative estimate of drug-likeness (QED) is 0.866. The molecule has 0 aliphatic carbocycles. The number of nitrogens with one attached hydrogen (secondary N) is 2. The zero-order valence-electron chi connectivity index (χ0n) is 8.84. The number of hydrogen-bond donors (Lipinski definition) is 2. The number of rotatable bonds is 3. The molecular formula is C7H8N4O3S3. The predicted molar refractivity (Wildman–Crippen MR) is 65.1 cm³/mol. The normalized spacial score (nSPS) is 11.6.